The summed E-state index contributed by atoms with van der Waals surface area (Å²) in [6.45, 7) is 5.00. The number of para-hydroxylation sites is 2. The molecule has 4 nitrogen and oxygen atoms in total. The molecule has 0 aliphatic rings. The van der Waals surface area contributed by atoms with Crippen molar-refractivity contribution in [3.8, 4) is 11.5 Å². The van der Waals surface area contributed by atoms with Crippen LogP contribution in [0, 0.1) is 5.92 Å². The van der Waals surface area contributed by atoms with E-state index in [-0.39, 0.29) is 11.8 Å². The number of nitrogens with one attached hydrogen (secondary N) is 1. The molecule has 1 aromatic carbocycles. The average molecular weight is 265 g/mol. The number of carbonyl (C=O) groups is 1. The van der Waals surface area contributed by atoms with Crippen LogP contribution in [0.25, 0.3) is 0 Å². The molecule has 0 bridgehead atoms. The van der Waals surface area contributed by atoms with Crippen molar-refractivity contribution < 1.29 is 14.3 Å². The van der Waals surface area contributed by atoms with Gasteiger partial charge < -0.3 is 14.8 Å². The highest BCUT2D eigenvalue weighted by molar-refractivity contribution is 5.78. The van der Waals surface area contributed by atoms with Gasteiger partial charge in [-0.05, 0) is 25.0 Å². The number of amides is 1. The maximum atomic E-state index is 11.7. The Balaban J connectivity index is 2.33. The number of hydrogen-bond acceptors (Lipinski definition) is 3. The lowest BCUT2D eigenvalue weighted by Crippen LogP contribution is -2.33. The number of methoxy groups -OCH3 is 1. The second kappa shape index (κ2) is 8.40. The van der Waals surface area contributed by atoms with Gasteiger partial charge in [0.05, 0.1) is 13.7 Å². The molecule has 0 atom stereocenters. The summed E-state index contributed by atoms with van der Waals surface area (Å²) in [6, 6.07) is 7.47. The van der Waals surface area contributed by atoms with Crippen LogP contribution in [0.1, 0.15) is 26.7 Å². The molecule has 1 amide bonds. The smallest absolute Gasteiger partial charge is 0.223 e. The molecule has 19 heavy (non-hydrogen) atoms. The van der Waals surface area contributed by atoms with Gasteiger partial charge in [-0.1, -0.05) is 26.0 Å². The van der Waals surface area contributed by atoms with Gasteiger partial charge in [-0.25, -0.2) is 0 Å². The summed E-state index contributed by atoms with van der Waals surface area (Å²) >= 11 is 0. The van der Waals surface area contributed by atoms with E-state index in [9.17, 15) is 4.79 Å². The third kappa shape index (κ3) is 4.81. The highest BCUT2D eigenvalue weighted by Crippen LogP contribution is 2.25. The molecule has 4 heteroatoms. The minimum absolute atomic E-state index is 0.103. The van der Waals surface area contributed by atoms with Crippen molar-refractivity contribution in [2.45, 2.75) is 26.7 Å². The number of rotatable bonds is 8. The minimum atomic E-state index is 0.103. The van der Waals surface area contributed by atoms with Gasteiger partial charge in [0.2, 0.25) is 5.91 Å². The number of carbonyl (C=O) groups excluding carboxylic acids is 1. The lowest BCUT2D eigenvalue weighted by Gasteiger charge is -2.14. The molecule has 0 fully saturated rings. The van der Waals surface area contributed by atoms with Crippen LogP contribution >= 0.6 is 0 Å². The van der Waals surface area contributed by atoms with E-state index in [0.29, 0.717) is 24.7 Å². The summed E-state index contributed by atoms with van der Waals surface area (Å²) in [6.07, 6.45) is 1.74. The molecular weight excluding hydrogens is 242 g/mol. The number of benzene rings is 1. The van der Waals surface area contributed by atoms with Crippen LogP contribution < -0.4 is 14.8 Å². The Kier molecular flexibility index (Phi) is 6.79. The van der Waals surface area contributed by atoms with Crippen LogP contribution in [0.3, 0.4) is 0 Å². The van der Waals surface area contributed by atoms with Crippen molar-refractivity contribution in [2.75, 3.05) is 20.3 Å². The number of hydrogen-bond donors (Lipinski definition) is 1. The average Bonchev–Trinajstić information content (AvgIpc) is 2.45. The summed E-state index contributed by atoms with van der Waals surface area (Å²) in [5, 5.41) is 2.89. The molecule has 0 unspecified atom stereocenters. The molecule has 0 spiro atoms. The Bertz CT molecular complexity index is 389. The van der Waals surface area contributed by atoms with Crippen LogP contribution in [0.5, 0.6) is 11.5 Å². The van der Waals surface area contributed by atoms with Crippen molar-refractivity contribution in [1.82, 2.24) is 5.32 Å². The lowest BCUT2D eigenvalue weighted by molar-refractivity contribution is -0.125. The van der Waals surface area contributed by atoms with Gasteiger partial charge in [-0.15, -0.1) is 0 Å². The van der Waals surface area contributed by atoms with Crippen LogP contribution in [0.2, 0.25) is 0 Å². The summed E-state index contributed by atoms with van der Waals surface area (Å²) in [7, 11) is 1.61. The topological polar surface area (TPSA) is 47.6 Å². The lowest BCUT2D eigenvalue weighted by atomic mass is 10.0. The predicted octanol–water partition coefficient (Wildman–Crippen LogP) is 2.63. The van der Waals surface area contributed by atoms with E-state index in [0.717, 1.165) is 12.8 Å². The van der Waals surface area contributed by atoms with Gasteiger partial charge in [-0.2, -0.15) is 0 Å². The molecule has 0 saturated carbocycles. The highest BCUT2D eigenvalue weighted by Gasteiger charge is 2.13. The van der Waals surface area contributed by atoms with E-state index >= 15 is 0 Å². The first-order chi connectivity index (χ1) is 9.22. The Hall–Kier alpha value is -1.71. The fraction of sp³-hybridized carbons (Fsp3) is 0.533. The molecule has 1 aromatic rings. The zero-order valence-electron chi connectivity index (χ0n) is 11.9. The first-order valence-corrected chi connectivity index (χ1v) is 6.76. The SMILES string of the molecule is CCC(CC)C(=O)NCCOc1ccccc1OC. The third-order valence-electron chi connectivity index (χ3n) is 3.08. The molecule has 0 radical (unpaired) electrons. The molecule has 0 saturated heterocycles. The van der Waals surface area contributed by atoms with Crippen LogP contribution in [0.15, 0.2) is 24.3 Å². The Labute approximate surface area is 115 Å². The fourth-order valence-electron chi connectivity index (χ4n) is 1.88. The first kappa shape index (κ1) is 15.3. The molecule has 1 rings (SSSR count). The van der Waals surface area contributed by atoms with Crippen molar-refractivity contribution in [2.24, 2.45) is 5.92 Å². The van der Waals surface area contributed by atoms with Crippen LogP contribution in [-0.2, 0) is 4.79 Å². The quantitative estimate of drug-likeness (QED) is 0.735. The van der Waals surface area contributed by atoms with Gasteiger partial charge in [-0.3, -0.25) is 4.79 Å². The normalized spacial score (nSPS) is 10.3. The monoisotopic (exact) mass is 265 g/mol. The summed E-state index contributed by atoms with van der Waals surface area (Å²) in [4.78, 5) is 11.7. The van der Waals surface area contributed by atoms with Crippen molar-refractivity contribution in [3.05, 3.63) is 24.3 Å². The largest absolute Gasteiger partial charge is 0.493 e. The maximum absolute atomic E-state index is 11.7. The molecule has 0 aliphatic heterocycles. The zero-order valence-corrected chi connectivity index (χ0v) is 11.9. The predicted molar refractivity (Wildman–Crippen MR) is 75.6 cm³/mol. The summed E-state index contributed by atoms with van der Waals surface area (Å²) < 4.78 is 10.8. The Morgan fingerprint density at radius 2 is 1.84 bits per heavy atom. The first-order valence-electron chi connectivity index (χ1n) is 6.76. The van der Waals surface area contributed by atoms with Crippen molar-refractivity contribution >= 4 is 5.91 Å². The summed E-state index contributed by atoms with van der Waals surface area (Å²) in [5.41, 5.74) is 0. The molecule has 106 valence electrons. The second-order valence-corrected chi connectivity index (χ2v) is 4.30. The molecule has 0 aromatic heterocycles. The van der Waals surface area contributed by atoms with E-state index < -0.39 is 0 Å². The fourth-order valence-corrected chi connectivity index (χ4v) is 1.88. The zero-order chi connectivity index (χ0) is 14.1. The highest BCUT2D eigenvalue weighted by atomic mass is 16.5. The van der Waals surface area contributed by atoms with Crippen LogP contribution in [-0.4, -0.2) is 26.2 Å². The van der Waals surface area contributed by atoms with E-state index in [2.05, 4.69) is 5.32 Å². The second-order valence-electron chi connectivity index (χ2n) is 4.30. The van der Waals surface area contributed by atoms with E-state index in [1.54, 1.807) is 7.11 Å². The maximum Gasteiger partial charge on any atom is 0.223 e. The van der Waals surface area contributed by atoms with Gasteiger partial charge in [0.1, 0.15) is 6.61 Å². The standard InChI is InChI=1S/C15H23NO3/c1-4-12(5-2)15(17)16-10-11-19-14-9-7-6-8-13(14)18-3/h6-9,12H,4-5,10-11H2,1-3H3,(H,16,17). The molecular formula is C15H23NO3. The Morgan fingerprint density at radius 3 is 2.42 bits per heavy atom. The molecule has 0 aliphatic carbocycles. The Morgan fingerprint density at radius 1 is 1.21 bits per heavy atom. The minimum Gasteiger partial charge on any atom is -0.493 e. The van der Waals surface area contributed by atoms with Crippen LogP contribution in [0.4, 0.5) is 0 Å². The number of ether oxygens (including phenoxy) is 2. The van der Waals surface area contributed by atoms with E-state index in [1.807, 2.05) is 38.1 Å². The third-order valence-corrected chi connectivity index (χ3v) is 3.08. The van der Waals surface area contributed by atoms with E-state index in [1.165, 1.54) is 0 Å². The molecule has 0 heterocycles. The summed E-state index contributed by atoms with van der Waals surface area (Å²) in [5.74, 6) is 1.61. The van der Waals surface area contributed by atoms with Gasteiger partial charge >= 0.3 is 0 Å². The van der Waals surface area contributed by atoms with Gasteiger partial charge in [0.15, 0.2) is 11.5 Å². The van der Waals surface area contributed by atoms with Gasteiger partial charge in [0.25, 0.3) is 0 Å². The van der Waals surface area contributed by atoms with Gasteiger partial charge in [0, 0.05) is 5.92 Å². The molecule has 1 N–H and O–H groups in total. The van der Waals surface area contributed by atoms with E-state index in [4.69, 9.17) is 9.47 Å². The van der Waals surface area contributed by atoms with Crippen molar-refractivity contribution in [3.63, 3.8) is 0 Å². The van der Waals surface area contributed by atoms with Crippen molar-refractivity contribution in [1.29, 1.82) is 0 Å².